The molecule has 0 radical (unpaired) electrons. The summed E-state index contributed by atoms with van der Waals surface area (Å²) in [6.07, 6.45) is 8.17. The van der Waals surface area contributed by atoms with Crippen LogP contribution in [0.25, 0.3) is 10.6 Å². The van der Waals surface area contributed by atoms with Gasteiger partial charge in [0.1, 0.15) is 22.8 Å². The second-order valence-electron chi connectivity index (χ2n) is 10.1. The molecule has 33 heavy (non-hydrogen) atoms. The monoisotopic (exact) mass is 475 g/mol. The lowest BCUT2D eigenvalue weighted by Crippen LogP contribution is -2.38. The number of alkyl halides is 1. The summed E-state index contributed by atoms with van der Waals surface area (Å²) < 4.78 is 42.8. The maximum Gasteiger partial charge on any atom is 0.133 e. The van der Waals surface area contributed by atoms with Crippen LogP contribution in [0.15, 0.2) is 42.0 Å². The van der Waals surface area contributed by atoms with Gasteiger partial charge in [0.2, 0.25) is 0 Å². The molecule has 0 saturated carbocycles. The first-order valence-electron chi connectivity index (χ1n) is 11.6. The number of benzene rings is 1. The lowest BCUT2D eigenvalue weighted by atomic mass is 9.83. The molecule has 3 atom stereocenters. The van der Waals surface area contributed by atoms with E-state index in [1.807, 2.05) is 0 Å². The molecule has 3 nitrogen and oxygen atoms in total. The van der Waals surface area contributed by atoms with Gasteiger partial charge in [-0.3, -0.25) is 0 Å². The van der Waals surface area contributed by atoms with Crippen LogP contribution in [0.5, 0.6) is 0 Å². The van der Waals surface area contributed by atoms with Crippen molar-refractivity contribution in [2.75, 3.05) is 19.6 Å². The fourth-order valence-corrected chi connectivity index (χ4v) is 5.65. The summed E-state index contributed by atoms with van der Waals surface area (Å²) in [5.74, 6) is -1.07. The summed E-state index contributed by atoms with van der Waals surface area (Å²) >= 11 is 1.42. The Kier molecular flexibility index (Phi) is 7.41. The van der Waals surface area contributed by atoms with Gasteiger partial charge in [-0.2, -0.15) is 0 Å². The third-order valence-electron chi connectivity index (χ3n) is 6.36. The summed E-state index contributed by atoms with van der Waals surface area (Å²) in [7, 11) is 0. The van der Waals surface area contributed by atoms with Crippen molar-refractivity contribution in [2.24, 2.45) is 11.3 Å². The van der Waals surface area contributed by atoms with E-state index in [0.29, 0.717) is 24.6 Å². The molecule has 3 unspecified atom stereocenters. The fourth-order valence-electron chi connectivity index (χ4n) is 4.48. The van der Waals surface area contributed by atoms with Crippen molar-refractivity contribution in [1.82, 2.24) is 15.6 Å². The van der Waals surface area contributed by atoms with E-state index in [4.69, 9.17) is 4.98 Å². The van der Waals surface area contributed by atoms with Gasteiger partial charge in [-0.15, -0.1) is 11.3 Å². The Morgan fingerprint density at radius 1 is 1.24 bits per heavy atom. The van der Waals surface area contributed by atoms with Crippen LogP contribution in [0, 0.1) is 23.0 Å². The van der Waals surface area contributed by atoms with E-state index in [9.17, 15) is 13.2 Å². The van der Waals surface area contributed by atoms with E-state index in [1.165, 1.54) is 23.0 Å². The number of hydrogen-bond acceptors (Lipinski definition) is 4. The lowest BCUT2D eigenvalue weighted by Gasteiger charge is -2.32. The van der Waals surface area contributed by atoms with Crippen LogP contribution in [-0.2, 0) is 6.42 Å². The summed E-state index contributed by atoms with van der Waals surface area (Å²) in [5, 5.41) is 7.16. The fraction of sp³-hybridized carbons (Fsp3) is 0.500. The highest BCUT2D eigenvalue weighted by molar-refractivity contribution is 7.15. The Hall–Kier alpha value is -1.96. The van der Waals surface area contributed by atoms with Crippen LogP contribution in [0.2, 0.25) is 0 Å². The van der Waals surface area contributed by atoms with Crippen molar-refractivity contribution in [3.8, 4) is 10.6 Å². The molecule has 178 valence electrons. The normalized spacial score (nSPS) is 21.9. The molecule has 1 aromatic carbocycles. The largest absolute Gasteiger partial charge is 0.313 e. The Morgan fingerprint density at radius 3 is 2.73 bits per heavy atom. The predicted octanol–water partition coefficient (Wildman–Crippen LogP) is 6.14. The van der Waals surface area contributed by atoms with Gasteiger partial charge in [-0.05, 0) is 36.5 Å². The molecule has 1 aliphatic heterocycles. The van der Waals surface area contributed by atoms with E-state index in [2.05, 4.69) is 49.6 Å². The molecule has 1 saturated heterocycles. The second-order valence-corrected chi connectivity index (χ2v) is 11.1. The summed E-state index contributed by atoms with van der Waals surface area (Å²) in [5.41, 5.74) is 2.12. The number of hydrogen-bond donors (Lipinski definition) is 2. The molecule has 0 spiro atoms. The molecule has 2 aromatic rings. The SMILES string of the molecule is CC(C)(C)C(NCC1CNCC1F)c1nc(-c2cc(F)ccc2F)sc1CC1=CC=CCC1. The van der Waals surface area contributed by atoms with Crippen LogP contribution >= 0.6 is 11.3 Å². The Bertz CT molecular complexity index is 1040. The molecule has 0 bridgehead atoms. The third kappa shape index (κ3) is 5.76. The minimum absolute atomic E-state index is 0.0942. The molecule has 4 rings (SSSR count). The van der Waals surface area contributed by atoms with E-state index < -0.39 is 17.8 Å². The van der Waals surface area contributed by atoms with Gasteiger partial charge in [0.05, 0.1) is 11.7 Å². The Balaban J connectivity index is 1.72. The highest BCUT2D eigenvalue weighted by Crippen LogP contribution is 2.41. The molecule has 1 aromatic heterocycles. The third-order valence-corrected chi connectivity index (χ3v) is 7.46. The maximum absolute atomic E-state index is 14.6. The average molecular weight is 476 g/mol. The second kappa shape index (κ2) is 10.1. The van der Waals surface area contributed by atoms with Crippen molar-refractivity contribution in [3.05, 3.63) is 64.2 Å². The Labute approximate surface area is 198 Å². The number of nitrogens with zero attached hydrogens (tertiary/aromatic N) is 1. The summed E-state index contributed by atoms with van der Waals surface area (Å²) in [6, 6.07) is 3.33. The van der Waals surface area contributed by atoms with Crippen LogP contribution in [0.1, 0.15) is 50.2 Å². The molecular weight excluding hydrogens is 443 g/mol. The maximum atomic E-state index is 14.6. The van der Waals surface area contributed by atoms with Gasteiger partial charge < -0.3 is 10.6 Å². The number of rotatable bonds is 7. The molecule has 2 aliphatic rings. The van der Waals surface area contributed by atoms with E-state index >= 15 is 0 Å². The van der Waals surface area contributed by atoms with Crippen LogP contribution in [0.4, 0.5) is 13.2 Å². The predicted molar refractivity (Wildman–Crippen MR) is 129 cm³/mol. The highest BCUT2D eigenvalue weighted by Gasteiger charge is 2.34. The van der Waals surface area contributed by atoms with Crippen molar-refractivity contribution in [3.63, 3.8) is 0 Å². The van der Waals surface area contributed by atoms with Gasteiger partial charge in [0.25, 0.3) is 0 Å². The summed E-state index contributed by atoms with van der Waals surface area (Å²) in [4.78, 5) is 5.92. The molecule has 1 fully saturated rings. The number of allylic oxidation sites excluding steroid dienone is 4. The zero-order valence-corrected chi connectivity index (χ0v) is 20.2. The zero-order chi connectivity index (χ0) is 23.6. The number of halogens is 3. The quantitative estimate of drug-likeness (QED) is 0.505. The molecule has 7 heteroatoms. The standard InChI is InChI=1S/C26H32F3N3S/c1-26(2,3)24(31-14-17-13-30-15-21(17)29)23-22(11-16-7-5-4-6-8-16)33-25(32-23)19-12-18(27)9-10-20(19)28/h4-5,7,9-10,12,17,21,24,30-31H,6,8,11,13-15H2,1-3H3. The molecular formula is C26H32F3N3S. The van der Waals surface area contributed by atoms with Crippen molar-refractivity contribution in [2.45, 2.75) is 52.2 Å². The average Bonchev–Trinajstić information content (AvgIpc) is 3.36. The first kappa shape index (κ1) is 24.2. The minimum atomic E-state index is -0.871. The van der Waals surface area contributed by atoms with Crippen molar-refractivity contribution < 1.29 is 13.2 Å². The number of nitrogens with one attached hydrogen (secondary N) is 2. The molecule has 1 aliphatic carbocycles. The van der Waals surface area contributed by atoms with Gasteiger partial charge in [-0.25, -0.2) is 18.2 Å². The molecule has 2 N–H and O–H groups in total. The smallest absolute Gasteiger partial charge is 0.133 e. The summed E-state index contributed by atoms with van der Waals surface area (Å²) in [6.45, 7) is 7.94. The number of aromatic nitrogens is 1. The minimum Gasteiger partial charge on any atom is -0.313 e. The molecule has 2 heterocycles. The van der Waals surface area contributed by atoms with E-state index in [1.54, 1.807) is 0 Å². The lowest BCUT2D eigenvalue weighted by molar-refractivity contribution is 0.225. The first-order chi connectivity index (χ1) is 15.7. The van der Waals surface area contributed by atoms with Gasteiger partial charge in [0, 0.05) is 42.4 Å². The van der Waals surface area contributed by atoms with Gasteiger partial charge >= 0.3 is 0 Å². The number of thiazole rings is 1. The highest BCUT2D eigenvalue weighted by atomic mass is 32.1. The van der Waals surface area contributed by atoms with E-state index in [-0.39, 0.29) is 22.9 Å². The van der Waals surface area contributed by atoms with E-state index in [0.717, 1.165) is 42.0 Å². The van der Waals surface area contributed by atoms with Crippen molar-refractivity contribution >= 4 is 11.3 Å². The van der Waals surface area contributed by atoms with Crippen LogP contribution in [-0.4, -0.2) is 30.8 Å². The molecule has 0 amide bonds. The Morgan fingerprint density at radius 2 is 2.06 bits per heavy atom. The van der Waals surface area contributed by atoms with Crippen molar-refractivity contribution in [1.29, 1.82) is 0 Å². The van der Waals surface area contributed by atoms with Gasteiger partial charge in [-0.1, -0.05) is 44.6 Å². The zero-order valence-electron chi connectivity index (χ0n) is 19.4. The van der Waals surface area contributed by atoms with Gasteiger partial charge in [0.15, 0.2) is 0 Å². The first-order valence-corrected chi connectivity index (χ1v) is 12.4. The van der Waals surface area contributed by atoms with Crippen LogP contribution < -0.4 is 10.6 Å². The topological polar surface area (TPSA) is 37.0 Å². The van der Waals surface area contributed by atoms with Crippen LogP contribution in [0.3, 0.4) is 0 Å².